The predicted molar refractivity (Wildman–Crippen MR) is 193 cm³/mol. The van der Waals surface area contributed by atoms with Gasteiger partial charge in [-0.1, -0.05) is 60.7 Å². The summed E-state index contributed by atoms with van der Waals surface area (Å²) in [5, 5.41) is 6.57. The fourth-order valence-electron chi connectivity index (χ4n) is 5.59. The molecule has 2 aliphatic rings. The van der Waals surface area contributed by atoms with Crippen LogP contribution >= 0.6 is 0 Å². The van der Waals surface area contributed by atoms with Crippen LogP contribution in [0.15, 0.2) is 154 Å². The minimum Gasteiger partial charge on any atom is -0.465 e. The SMILES string of the molecule is COC(=O)C1=C(c2ccccc2)C(=CNc2ccc(Oc3ccc(NC=C4N=C(C)C(C(=O)OC)=C4c4ccccc4)cc3)cc2)N=C1C. The molecule has 9 nitrogen and oxygen atoms in total. The first-order valence-corrected chi connectivity index (χ1v) is 15.6. The van der Waals surface area contributed by atoms with E-state index in [1.165, 1.54) is 14.2 Å². The van der Waals surface area contributed by atoms with Crippen LogP contribution in [0.3, 0.4) is 0 Å². The van der Waals surface area contributed by atoms with Crippen molar-refractivity contribution >= 4 is 45.9 Å². The molecule has 0 unspecified atom stereocenters. The zero-order chi connectivity index (χ0) is 34.3. The highest BCUT2D eigenvalue weighted by Crippen LogP contribution is 2.36. The lowest BCUT2D eigenvalue weighted by Gasteiger charge is -2.10. The molecule has 9 heteroatoms. The molecule has 0 amide bonds. The molecule has 0 radical (unpaired) electrons. The average Bonchev–Trinajstić information content (AvgIpc) is 3.66. The number of nitrogens with zero attached hydrogens (tertiary/aromatic N) is 2. The van der Waals surface area contributed by atoms with Crippen LogP contribution in [0.4, 0.5) is 11.4 Å². The first-order valence-electron chi connectivity index (χ1n) is 15.6. The van der Waals surface area contributed by atoms with Gasteiger partial charge in [0.25, 0.3) is 0 Å². The predicted octanol–water partition coefficient (Wildman–Crippen LogP) is 8.19. The summed E-state index contributed by atoms with van der Waals surface area (Å²) in [6.07, 6.45) is 3.57. The topological polar surface area (TPSA) is 111 Å². The largest absolute Gasteiger partial charge is 0.465 e. The van der Waals surface area contributed by atoms with E-state index in [-0.39, 0.29) is 0 Å². The Labute approximate surface area is 284 Å². The quantitative estimate of drug-likeness (QED) is 0.167. The van der Waals surface area contributed by atoms with Gasteiger partial charge in [0.05, 0.1) is 48.2 Å². The number of rotatable bonds is 10. The number of aliphatic imine (C=N–C) groups is 2. The number of benzene rings is 4. The van der Waals surface area contributed by atoms with Crippen molar-refractivity contribution in [1.82, 2.24) is 0 Å². The normalized spacial score (nSPS) is 15.7. The van der Waals surface area contributed by atoms with E-state index in [4.69, 9.17) is 14.2 Å². The van der Waals surface area contributed by atoms with Gasteiger partial charge in [-0.15, -0.1) is 0 Å². The lowest BCUT2D eigenvalue weighted by atomic mass is 9.98. The van der Waals surface area contributed by atoms with E-state index in [0.29, 0.717) is 45.5 Å². The second-order valence-electron chi connectivity index (χ2n) is 11.1. The van der Waals surface area contributed by atoms with Crippen LogP contribution in [0.2, 0.25) is 0 Å². The van der Waals surface area contributed by atoms with Gasteiger partial charge in [-0.25, -0.2) is 9.59 Å². The highest BCUT2D eigenvalue weighted by molar-refractivity contribution is 6.29. The summed E-state index contributed by atoms with van der Waals surface area (Å²) in [5.74, 6) is 0.481. The van der Waals surface area contributed by atoms with E-state index in [1.807, 2.05) is 109 Å². The van der Waals surface area contributed by atoms with Gasteiger partial charge < -0.3 is 24.8 Å². The number of hydrogen-bond acceptors (Lipinski definition) is 9. The Balaban J connectivity index is 1.12. The number of esters is 2. The van der Waals surface area contributed by atoms with Crippen LogP contribution in [-0.4, -0.2) is 37.6 Å². The molecule has 4 aromatic carbocycles. The van der Waals surface area contributed by atoms with Crippen LogP contribution in [0.25, 0.3) is 11.1 Å². The van der Waals surface area contributed by atoms with Crippen LogP contribution in [0.5, 0.6) is 11.5 Å². The zero-order valence-electron chi connectivity index (χ0n) is 27.5. The van der Waals surface area contributed by atoms with Gasteiger partial charge in [0.2, 0.25) is 0 Å². The average molecular weight is 651 g/mol. The van der Waals surface area contributed by atoms with Gasteiger partial charge in [-0.2, -0.15) is 0 Å². The van der Waals surface area contributed by atoms with Crippen molar-refractivity contribution in [1.29, 1.82) is 0 Å². The van der Waals surface area contributed by atoms with Crippen molar-refractivity contribution in [3.05, 3.63) is 155 Å². The Morgan fingerprint density at radius 3 is 1.27 bits per heavy atom. The monoisotopic (exact) mass is 650 g/mol. The third-order valence-electron chi connectivity index (χ3n) is 7.91. The van der Waals surface area contributed by atoms with Crippen LogP contribution in [-0.2, 0) is 19.1 Å². The van der Waals surface area contributed by atoms with Crippen molar-refractivity contribution in [3.8, 4) is 11.5 Å². The number of ether oxygens (including phenoxy) is 3. The Morgan fingerprint density at radius 2 is 0.918 bits per heavy atom. The van der Waals surface area contributed by atoms with Crippen molar-refractivity contribution < 1.29 is 23.8 Å². The number of allylic oxidation sites excluding steroid dienone is 2. The lowest BCUT2D eigenvalue weighted by Crippen LogP contribution is -2.11. The molecule has 2 aliphatic heterocycles. The molecule has 4 aromatic rings. The van der Waals surface area contributed by atoms with Gasteiger partial charge >= 0.3 is 11.9 Å². The molecule has 2 N–H and O–H groups in total. The number of methoxy groups -OCH3 is 2. The first-order chi connectivity index (χ1) is 23.9. The summed E-state index contributed by atoms with van der Waals surface area (Å²) in [6, 6.07) is 34.4. The molecule has 0 aliphatic carbocycles. The summed E-state index contributed by atoms with van der Waals surface area (Å²) in [5.41, 5.74) is 8.22. The molecule has 0 atom stereocenters. The number of nitrogens with one attached hydrogen (secondary N) is 2. The summed E-state index contributed by atoms with van der Waals surface area (Å²) in [7, 11) is 2.74. The summed E-state index contributed by atoms with van der Waals surface area (Å²) >= 11 is 0. The van der Waals surface area contributed by atoms with E-state index in [0.717, 1.165) is 33.6 Å². The van der Waals surface area contributed by atoms with Crippen molar-refractivity contribution in [2.24, 2.45) is 9.98 Å². The van der Waals surface area contributed by atoms with E-state index < -0.39 is 11.9 Å². The van der Waals surface area contributed by atoms with Crippen molar-refractivity contribution in [2.45, 2.75) is 13.8 Å². The number of anilines is 2. The second kappa shape index (κ2) is 14.5. The molecule has 0 spiro atoms. The van der Waals surface area contributed by atoms with Gasteiger partial charge in [-0.3, -0.25) is 9.98 Å². The molecular weight excluding hydrogens is 616 g/mol. The van der Waals surface area contributed by atoms with Crippen molar-refractivity contribution in [3.63, 3.8) is 0 Å². The smallest absolute Gasteiger partial charge is 0.340 e. The van der Waals surface area contributed by atoms with Crippen LogP contribution < -0.4 is 15.4 Å². The summed E-state index contributed by atoms with van der Waals surface area (Å²) < 4.78 is 16.2. The third kappa shape index (κ3) is 7.11. The second-order valence-corrected chi connectivity index (χ2v) is 11.1. The van der Waals surface area contributed by atoms with Gasteiger partial charge in [0, 0.05) is 34.9 Å². The Morgan fingerprint density at radius 1 is 0.551 bits per heavy atom. The minimum absolute atomic E-state index is 0.424. The molecule has 6 rings (SSSR count). The van der Waals surface area contributed by atoms with E-state index in [2.05, 4.69) is 20.6 Å². The number of carbonyl (C=O) groups is 2. The van der Waals surface area contributed by atoms with Gasteiger partial charge in [0.1, 0.15) is 11.5 Å². The first kappa shape index (κ1) is 32.5. The Hall–Kier alpha value is -6.48. The third-order valence-corrected chi connectivity index (χ3v) is 7.91. The maximum Gasteiger partial charge on any atom is 0.340 e. The molecule has 2 heterocycles. The maximum atomic E-state index is 12.6. The summed E-state index contributed by atoms with van der Waals surface area (Å²) in [6.45, 7) is 3.60. The molecule has 0 saturated heterocycles. The molecule has 0 saturated carbocycles. The molecule has 244 valence electrons. The molecule has 49 heavy (non-hydrogen) atoms. The molecule has 0 bridgehead atoms. The fraction of sp³-hybridized carbons (Fsp3) is 0.100. The molecular formula is C40H34N4O5. The molecule has 0 aromatic heterocycles. The Bertz CT molecular complexity index is 1920. The van der Waals surface area contributed by atoms with Crippen LogP contribution in [0.1, 0.15) is 25.0 Å². The van der Waals surface area contributed by atoms with Crippen LogP contribution in [0, 0.1) is 0 Å². The zero-order valence-corrected chi connectivity index (χ0v) is 27.5. The maximum absolute atomic E-state index is 12.6. The van der Waals surface area contributed by atoms with Gasteiger partial charge in [0.15, 0.2) is 0 Å². The lowest BCUT2D eigenvalue weighted by molar-refractivity contribution is -0.136. The number of hydrogen-bond donors (Lipinski definition) is 2. The van der Waals surface area contributed by atoms with E-state index >= 15 is 0 Å². The molecule has 0 fully saturated rings. The Kier molecular flexibility index (Phi) is 9.62. The minimum atomic E-state index is -0.424. The summed E-state index contributed by atoms with van der Waals surface area (Å²) in [4.78, 5) is 34.5. The fourth-order valence-corrected chi connectivity index (χ4v) is 5.59. The highest BCUT2D eigenvalue weighted by Gasteiger charge is 2.29. The van der Waals surface area contributed by atoms with E-state index in [1.54, 1.807) is 26.2 Å². The number of carbonyl (C=O) groups excluding carboxylic acids is 2. The van der Waals surface area contributed by atoms with Crippen molar-refractivity contribution in [2.75, 3.05) is 24.9 Å². The highest BCUT2D eigenvalue weighted by atomic mass is 16.5. The van der Waals surface area contributed by atoms with Gasteiger partial charge in [-0.05, 0) is 73.5 Å². The van der Waals surface area contributed by atoms with E-state index in [9.17, 15) is 9.59 Å². The standard InChI is InChI=1S/C40H34N4O5/c1-25-35(39(45)47-3)37(27-11-7-5-8-12-27)33(43-25)23-41-29-15-19-31(20-16-29)49-32-21-17-30(18-22-32)42-24-34-38(28-13-9-6-10-14-28)36(26(2)44-34)40(46)48-4/h5-24,41-42H,1-4H3.